The van der Waals surface area contributed by atoms with Crippen LogP contribution >= 0.6 is 35.3 Å². The van der Waals surface area contributed by atoms with Gasteiger partial charge in [0.1, 0.15) is 5.00 Å². The third-order valence-electron chi connectivity index (χ3n) is 3.51. The predicted molar refractivity (Wildman–Crippen MR) is 105 cm³/mol. The third kappa shape index (κ3) is 4.66. The quantitative estimate of drug-likeness (QED) is 0.560. The van der Waals surface area contributed by atoms with Gasteiger partial charge in [0.2, 0.25) is 0 Å². The summed E-state index contributed by atoms with van der Waals surface area (Å²) in [5.41, 5.74) is 7.72. The number of carbonyl (C=O) groups excluding carboxylic acids is 2. The number of esters is 1. The number of nitrogens with two attached hydrogens (primary N) is 1. The van der Waals surface area contributed by atoms with Crippen LogP contribution in [0.5, 0.6) is 0 Å². The largest absolute Gasteiger partial charge is 0.462 e. The molecule has 0 atom stereocenters. The van der Waals surface area contributed by atoms with E-state index < -0.39 is 11.9 Å². The predicted octanol–water partition coefficient (Wildman–Crippen LogP) is 4.71. The first-order valence-corrected chi connectivity index (χ1v) is 8.74. The monoisotopic (exact) mass is 402 g/mol. The van der Waals surface area contributed by atoms with Crippen molar-refractivity contribution in [2.75, 3.05) is 17.7 Å². The second-order valence-electron chi connectivity index (χ2n) is 5.11. The molecule has 2 rings (SSSR count). The zero-order valence-electron chi connectivity index (χ0n) is 14.1. The number of thiophene rings is 1. The first-order valence-electron chi connectivity index (χ1n) is 7.54. The molecule has 1 heterocycles. The van der Waals surface area contributed by atoms with Crippen LogP contribution in [0.25, 0.3) is 0 Å². The van der Waals surface area contributed by atoms with Crippen molar-refractivity contribution in [2.45, 2.75) is 27.2 Å². The summed E-state index contributed by atoms with van der Waals surface area (Å²) in [7, 11) is 0. The van der Waals surface area contributed by atoms with E-state index in [1.807, 2.05) is 13.8 Å². The molecule has 1 amide bonds. The van der Waals surface area contributed by atoms with E-state index in [1.54, 1.807) is 19.1 Å². The molecule has 1 aromatic heterocycles. The van der Waals surface area contributed by atoms with Crippen LogP contribution in [0.4, 0.5) is 10.7 Å². The van der Waals surface area contributed by atoms with Crippen LogP contribution in [0.2, 0.25) is 5.02 Å². The van der Waals surface area contributed by atoms with Gasteiger partial charge in [-0.1, -0.05) is 18.5 Å². The number of rotatable bonds is 5. The third-order valence-corrected chi connectivity index (χ3v) is 4.88. The average Bonchev–Trinajstić information content (AvgIpc) is 2.82. The van der Waals surface area contributed by atoms with Gasteiger partial charge in [-0.25, -0.2) is 4.79 Å². The Morgan fingerprint density at radius 3 is 2.56 bits per heavy atom. The highest BCUT2D eigenvalue weighted by molar-refractivity contribution is 7.16. The first kappa shape index (κ1) is 21.3. The SMILES string of the molecule is CCOC(=O)c1c(NC(=O)c2ccc(N)cc2Cl)sc(C)c1CC.Cl. The van der Waals surface area contributed by atoms with Gasteiger partial charge in [-0.2, -0.15) is 0 Å². The number of carbonyl (C=O) groups is 2. The van der Waals surface area contributed by atoms with E-state index in [0.29, 0.717) is 28.2 Å². The van der Waals surface area contributed by atoms with Crippen molar-refractivity contribution in [3.8, 4) is 0 Å². The molecule has 0 spiro atoms. The smallest absolute Gasteiger partial charge is 0.341 e. The molecule has 8 heteroatoms. The lowest BCUT2D eigenvalue weighted by atomic mass is 10.1. The second kappa shape index (κ2) is 9.08. The van der Waals surface area contributed by atoms with Gasteiger partial charge in [0.15, 0.2) is 0 Å². The van der Waals surface area contributed by atoms with Crippen molar-refractivity contribution < 1.29 is 14.3 Å². The highest BCUT2D eigenvalue weighted by Crippen LogP contribution is 2.34. The van der Waals surface area contributed by atoms with E-state index in [-0.39, 0.29) is 24.0 Å². The summed E-state index contributed by atoms with van der Waals surface area (Å²) in [4.78, 5) is 25.8. The van der Waals surface area contributed by atoms with Gasteiger partial charge in [-0.05, 0) is 44.0 Å². The Hall–Kier alpha value is -1.76. The Labute approximate surface area is 161 Å². The van der Waals surface area contributed by atoms with E-state index >= 15 is 0 Å². The summed E-state index contributed by atoms with van der Waals surface area (Å²) >= 11 is 7.43. The van der Waals surface area contributed by atoms with Crippen LogP contribution in [0.1, 0.15) is 45.0 Å². The summed E-state index contributed by atoms with van der Waals surface area (Å²) in [6.45, 7) is 5.89. The highest BCUT2D eigenvalue weighted by Gasteiger charge is 2.24. The van der Waals surface area contributed by atoms with Crippen LogP contribution in [0.15, 0.2) is 18.2 Å². The molecule has 2 aromatic rings. The van der Waals surface area contributed by atoms with Crippen molar-refractivity contribution in [1.29, 1.82) is 0 Å². The number of aryl methyl sites for hydroxylation is 1. The number of hydrogen-bond acceptors (Lipinski definition) is 5. The summed E-state index contributed by atoms with van der Waals surface area (Å²) in [6, 6.07) is 4.67. The minimum atomic E-state index is -0.433. The molecule has 0 saturated heterocycles. The van der Waals surface area contributed by atoms with E-state index in [4.69, 9.17) is 22.1 Å². The fraction of sp³-hybridized carbons (Fsp3) is 0.294. The van der Waals surface area contributed by atoms with Crippen LogP contribution in [-0.4, -0.2) is 18.5 Å². The van der Waals surface area contributed by atoms with Crippen LogP contribution in [0.3, 0.4) is 0 Å². The minimum Gasteiger partial charge on any atom is -0.462 e. The van der Waals surface area contributed by atoms with Gasteiger partial charge >= 0.3 is 5.97 Å². The lowest BCUT2D eigenvalue weighted by molar-refractivity contribution is 0.0527. The number of ether oxygens (including phenoxy) is 1. The minimum absolute atomic E-state index is 0. The van der Waals surface area contributed by atoms with Crippen molar-refractivity contribution in [1.82, 2.24) is 0 Å². The number of hydrogen-bond donors (Lipinski definition) is 2. The van der Waals surface area contributed by atoms with Gasteiger partial charge < -0.3 is 15.8 Å². The number of benzene rings is 1. The van der Waals surface area contributed by atoms with Gasteiger partial charge in [-0.15, -0.1) is 23.7 Å². The molecule has 0 saturated carbocycles. The molecule has 0 bridgehead atoms. The van der Waals surface area contributed by atoms with Crippen LogP contribution < -0.4 is 11.1 Å². The zero-order valence-corrected chi connectivity index (χ0v) is 16.5. The van der Waals surface area contributed by atoms with E-state index in [0.717, 1.165) is 10.4 Å². The van der Waals surface area contributed by atoms with E-state index in [2.05, 4.69) is 5.32 Å². The molecule has 25 heavy (non-hydrogen) atoms. The maximum absolute atomic E-state index is 12.5. The summed E-state index contributed by atoms with van der Waals surface area (Å²) in [5, 5.41) is 3.51. The lowest BCUT2D eigenvalue weighted by Crippen LogP contribution is -2.15. The Kier molecular flexibility index (Phi) is 7.73. The Bertz CT molecular complexity index is 790. The Morgan fingerprint density at radius 1 is 1.32 bits per heavy atom. The number of nitrogen functional groups attached to an aromatic ring is 1. The van der Waals surface area contributed by atoms with Crippen molar-refractivity contribution in [2.24, 2.45) is 0 Å². The van der Waals surface area contributed by atoms with Gasteiger partial charge in [0, 0.05) is 10.6 Å². The normalized spacial score (nSPS) is 10.1. The van der Waals surface area contributed by atoms with E-state index in [1.165, 1.54) is 17.4 Å². The van der Waals surface area contributed by atoms with Crippen LogP contribution in [-0.2, 0) is 11.2 Å². The molecular weight excluding hydrogens is 383 g/mol. The maximum atomic E-state index is 12.5. The molecule has 136 valence electrons. The molecule has 0 aliphatic heterocycles. The highest BCUT2D eigenvalue weighted by atomic mass is 35.5. The van der Waals surface area contributed by atoms with Gasteiger partial charge in [-0.3, -0.25) is 4.79 Å². The lowest BCUT2D eigenvalue weighted by Gasteiger charge is -2.09. The molecule has 0 radical (unpaired) electrons. The van der Waals surface area contributed by atoms with Gasteiger partial charge in [0.25, 0.3) is 5.91 Å². The molecular formula is C17H20Cl2N2O3S. The molecule has 3 N–H and O–H groups in total. The number of halogens is 2. The van der Waals surface area contributed by atoms with Crippen molar-refractivity contribution in [3.05, 3.63) is 44.8 Å². The first-order chi connectivity index (χ1) is 11.4. The number of amides is 1. The van der Waals surface area contributed by atoms with Crippen molar-refractivity contribution in [3.63, 3.8) is 0 Å². The van der Waals surface area contributed by atoms with Crippen LogP contribution in [0, 0.1) is 6.92 Å². The van der Waals surface area contributed by atoms with Crippen molar-refractivity contribution >= 4 is 57.9 Å². The maximum Gasteiger partial charge on any atom is 0.341 e. The Balaban J connectivity index is 0.00000312. The molecule has 5 nitrogen and oxygen atoms in total. The fourth-order valence-electron chi connectivity index (χ4n) is 2.40. The second-order valence-corrected chi connectivity index (χ2v) is 6.74. The average molecular weight is 403 g/mol. The van der Waals surface area contributed by atoms with E-state index in [9.17, 15) is 9.59 Å². The molecule has 1 aromatic carbocycles. The van der Waals surface area contributed by atoms with Gasteiger partial charge in [0.05, 0.1) is 22.8 Å². The molecule has 0 aliphatic rings. The zero-order chi connectivity index (χ0) is 17.9. The Morgan fingerprint density at radius 2 is 2.00 bits per heavy atom. The molecule has 0 unspecified atom stereocenters. The molecule has 0 aliphatic carbocycles. The number of nitrogens with one attached hydrogen (secondary N) is 1. The standard InChI is InChI=1S/C17H19ClN2O3S.ClH/c1-4-11-9(3)24-16(14(11)17(22)23-5-2)20-15(21)12-7-6-10(19)8-13(12)18;/h6-8H,4-5,19H2,1-3H3,(H,20,21);1H. The summed E-state index contributed by atoms with van der Waals surface area (Å²) < 4.78 is 5.13. The number of anilines is 2. The topological polar surface area (TPSA) is 81.4 Å². The fourth-order valence-corrected chi connectivity index (χ4v) is 3.80. The molecule has 0 fully saturated rings. The summed E-state index contributed by atoms with van der Waals surface area (Å²) in [5.74, 6) is -0.827. The summed E-state index contributed by atoms with van der Waals surface area (Å²) in [6.07, 6.45) is 0.676.